The van der Waals surface area contributed by atoms with Gasteiger partial charge in [0.25, 0.3) is 11.5 Å². The maximum absolute atomic E-state index is 13.7. The summed E-state index contributed by atoms with van der Waals surface area (Å²) < 4.78 is 18.6. The highest BCUT2D eigenvalue weighted by Gasteiger charge is 2.18. The van der Waals surface area contributed by atoms with Crippen molar-refractivity contribution < 1.29 is 18.7 Å². The highest BCUT2D eigenvalue weighted by Crippen LogP contribution is 2.34. The van der Waals surface area contributed by atoms with Gasteiger partial charge in [0.2, 0.25) is 5.82 Å². The quantitative estimate of drug-likeness (QED) is 0.210. The van der Waals surface area contributed by atoms with Crippen molar-refractivity contribution in [3.8, 4) is 23.1 Å². The molecule has 2 heterocycles. The van der Waals surface area contributed by atoms with Gasteiger partial charge >= 0.3 is 0 Å². The fourth-order valence-corrected chi connectivity index (χ4v) is 4.67. The van der Waals surface area contributed by atoms with Gasteiger partial charge in [0.15, 0.2) is 23.9 Å². The summed E-state index contributed by atoms with van der Waals surface area (Å²) in [5, 5.41) is 8.86. The number of rotatable bonds is 8. The van der Waals surface area contributed by atoms with Crippen LogP contribution in [0.2, 0.25) is 5.02 Å². The number of methoxy groups -OCH3 is 1. The number of nitrogens with one attached hydrogen (secondary N) is 1. The average Bonchev–Trinajstić information content (AvgIpc) is 3.44. The Hall–Kier alpha value is -5.41. The van der Waals surface area contributed by atoms with Gasteiger partial charge in [-0.3, -0.25) is 9.59 Å². The lowest BCUT2D eigenvalue weighted by molar-refractivity contribution is -0.118. The highest BCUT2D eigenvalue weighted by atomic mass is 35.5. The van der Waals surface area contributed by atoms with E-state index in [4.69, 9.17) is 30.5 Å². The molecular formula is C32H23ClN4O5. The van der Waals surface area contributed by atoms with Crippen LogP contribution in [0.3, 0.4) is 0 Å². The number of anilines is 1. The molecule has 9 nitrogen and oxygen atoms in total. The molecule has 0 aliphatic rings. The molecule has 0 atom stereocenters. The van der Waals surface area contributed by atoms with Gasteiger partial charge in [0, 0.05) is 27.7 Å². The van der Waals surface area contributed by atoms with Crippen molar-refractivity contribution in [1.82, 2.24) is 9.66 Å². The van der Waals surface area contributed by atoms with Gasteiger partial charge in [-0.1, -0.05) is 60.1 Å². The lowest BCUT2D eigenvalue weighted by Crippen LogP contribution is -2.21. The topological polar surface area (TPSA) is 108 Å². The van der Waals surface area contributed by atoms with Crippen molar-refractivity contribution in [2.75, 3.05) is 19.0 Å². The molecule has 1 N–H and O–H groups in total. The minimum absolute atomic E-state index is 0.213. The monoisotopic (exact) mass is 578 g/mol. The second kappa shape index (κ2) is 11.6. The number of furan rings is 1. The molecule has 4 aromatic carbocycles. The first-order chi connectivity index (χ1) is 20.5. The lowest BCUT2D eigenvalue weighted by Gasteiger charge is -2.14. The average molecular weight is 579 g/mol. The molecule has 0 radical (unpaired) electrons. The molecule has 0 unspecified atom stereocenters. The third-order valence-electron chi connectivity index (χ3n) is 6.39. The number of carbonyl (C=O) groups is 1. The van der Waals surface area contributed by atoms with E-state index in [1.54, 1.807) is 54.6 Å². The van der Waals surface area contributed by atoms with E-state index >= 15 is 0 Å². The van der Waals surface area contributed by atoms with Crippen LogP contribution >= 0.6 is 11.6 Å². The van der Waals surface area contributed by atoms with E-state index in [-0.39, 0.29) is 29.8 Å². The van der Waals surface area contributed by atoms with E-state index in [2.05, 4.69) is 10.4 Å². The molecule has 0 bridgehead atoms. The minimum Gasteiger partial charge on any atom is -0.493 e. The number of amides is 1. The first-order valence-electron chi connectivity index (χ1n) is 12.9. The van der Waals surface area contributed by atoms with Crippen LogP contribution in [-0.2, 0) is 4.79 Å². The molecule has 0 aliphatic carbocycles. The lowest BCUT2D eigenvalue weighted by atomic mass is 10.2. The van der Waals surface area contributed by atoms with Crippen LogP contribution < -0.4 is 20.3 Å². The van der Waals surface area contributed by atoms with Crippen LogP contribution in [0.1, 0.15) is 5.56 Å². The normalized spacial score (nSPS) is 11.3. The minimum atomic E-state index is -0.397. The van der Waals surface area contributed by atoms with E-state index in [1.165, 1.54) is 18.0 Å². The van der Waals surface area contributed by atoms with Crippen molar-refractivity contribution in [2.24, 2.45) is 5.10 Å². The number of halogens is 1. The van der Waals surface area contributed by atoms with Crippen LogP contribution in [-0.4, -0.2) is 35.5 Å². The van der Waals surface area contributed by atoms with Crippen molar-refractivity contribution in [3.05, 3.63) is 118 Å². The Bertz CT molecular complexity index is 1980. The fraction of sp³-hybridized carbons (Fsp3) is 0.0625. The molecule has 1 amide bonds. The zero-order valence-corrected chi connectivity index (χ0v) is 23.0. The predicted octanol–water partition coefficient (Wildman–Crippen LogP) is 6.37. The standard InChI is InChI=1S/C32H23ClN4O5/c1-40-27-17-22(33)15-21(30(27)41-19-29(38)35-23-10-3-2-4-11-23)18-34-37-31(28-16-20-9-5-8-14-26(20)42-28)36-25-13-7-6-12-24(25)32(37)39/h2-18H,19H2,1H3,(H,35,38). The van der Waals surface area contributed by atoms with Gasteiger partial charge in [0.05, 0.1) is 24.2 Å². The summed E-state index contributed by atoms with van der Waals surface area (Å²) in [6, 6.07) is 28.5. The number of carbonyl (C=O) groups excluding carboxylic acids is 1. The molecule has 2 aromatic heterocycles. The molecule has 0 spiro atoms. The molecule has 0 aliphatic heterocycles. The summed E-state index contributed by atoms with van der Waals surface area (Å²) >= 11 is 6.36. The number of nitrogens with zero attached hydrogens (tertiary/aromatic N) is 3. The van der Waals surface area contributed by atoms with Crippen LogP contribution in [0, 0.1) is 0 Å². The van der Waals surface area contributed by atoms with Crippen molar-refractivity contribution in [2.45, 2.75) is 0 Å². The number of benzene rings is 4. The smallest absolute Gasteiger partial charge is 0.282 e. The number of para-hydroxylation sites is 3. The Morgan fingerprint density at radius 1 is 1.02 bits per heavy atom. The summed E-state index contributed by atoms with van der Waals surface area (Å²) in [7, 11) is 1.46. The second-order valence-electron chi connectivity index (χ2n) is 9.19. The van der Waals surface area contributed by atoms with E-state index in [9.17, 15) is 9.59 Å². The SMILES string of the molecule is COc1cc(Cl)cc(C=Nn2c(-c3cc4ccccc4o3)nc3ccccc3c2=O)c1OCC(=O)Nc1ccccc1. The highest BCUT2D eigenvalue weighted by molar-refractivity contribution is 6.31. The molecule has 10 heteroatoms. The molecule has 0 saturated heterocycles. The molecule has 42 heavy (non-hydrogen) atoms. The van der Waals surface area contributed by atoms with Crippen LogP contribution in [0.4, 0.5) is 5.69 Å². The maximum atomic E-state index is 13.7. The van der Waals surface area contributed by atoms with Crippen molar-refractivity contribution >= 4 is 51.3 Å². The Morgan fingerprint density at radius 2 is 1.79 bits per heavy atom. The van der Waals surface area contributed by atoms with E-state index < -0.39 is 5.56 Å². The van der Waals surface area contributed by atoms with Crippen LogP contribution in [0.25, 0.3) is 33.5 Å². The molecule has 208 valence electrons. The molecule has 0 saturated carbocycles. The van der Waals surface area contributed by atoms with Crippen LogP contribution in [0.15, 0.2) is 111 Å². The first-order valence-corrected chi connectivity index (χ1v) is 13.3. The number of fused-ring (bicyclic) bond motifs is 2. The largest absolute Gasteiger partial charge is 0.493 e. The van der Waals surface area contributed by atoms with E-state index in [0.29, 0.717) is 38.5 Å². The van der Waals surface area contributed by atoms with Gasteiger partial charge in [-0.05, 0) is 42.5 Å². The number of ether oxygens (including phenoxy) is 2. The first kappa shape index (κ1) is 26.8. The summed E-state index contributed by atoms with van der Waals surface area (Å²) in [4.78, 5) is 30.9. The summed E-state index contributed by atoms with van der Waals surface area (Å²) in [5.74, 6) is 0.723. The molecule has 6 rings (SSSR count). The summed E-state index contributed by atoms with van der Waals surface area (Å²) in [5.41, 5.74) is 1.77. The van der Waals surface area contributed by atoms with Gasteiger partial charge in [0.1, 0.15) is 5.58 Å². The van der Waals surface area contributed by atoms with Gasteiger partial charge in [-0.2, -0.15) is 9.78 Å². The third kappa shape index (κ3) is 5.45. The fourth-order valence-electron chi connectivity index (χ4n) is 4.45. The zero-order chi connectivity index (χ0) is 29.1. The summed E-state index contributed by atoms with van der Waals surface area (Å²) in [6.07, 6.45) is 1.41. The second-order valence-corrected chi connectivity index (χ2v) is 9.63. The Kier molecular flexibility index (Phi) is 7.40. The van der Waals surface area contributed by atoms with Gasteiger partial charge in [-0.25, -0.2) is 4.98 Å². The summed E-state index contributed by atoms with van der Waals surface area (Å²) in [6.45, 7) is -0.310. The Labute approximate surface area is 244 Å². The van der Waals surface area contributed by atoms with Crippen LogP contribution in [0.5, 0.6) is 11.5 Å². The van der Waals surface area contributed by atoms with Gasteiger partial charge < -0.3 is 19.2 Å². The number of hydrogen-bond acceptors (Lipinski definition) is 7. The van der Waals surface area contributed by atoms with Gasteiger partial charge in [-0.15, -0.1) is 0 Å². The Morgan fingerprint density at radius 3 is 2.60 bits per heavy atom. The van der Waals surface area contributed by atoms with E-state index in [1.807, 2.05) is 42.5 Å². The third-order valence-corrected chi connectivity index (χ3v) is 6.60. The zero-order valence-electron chi connectivity index (χ0n) is 22.3. The van der Waals surface area contributed by atoms with Crippen molar-refractivity contribution in [3.63, 3.8) is 0 Å². The maximum Gasteiger partial charge on any atom is 0.282 e. The predicted molar refractivity (Wildman–Crippen MR) is 163 cm³/mol. The molecular weight excluding hydrogens is 556 g/mol. The molecule has 0 fully saturated rings. The van der Waals surface area contributed by atoms with E-state index in [0.717, 1.165) is 5.39 Å². The number of hydrogen-bond donors (Lipinski definition) is 1. The Balaban J connectivity index is 1.40. The molecule has 6 aromatic rings. The number of aromatic nitrogens is 2. The van der Waals surface area contributed by atoms with Crippen molar-refractivity contribution in [1.29, 1.82) is 0 Å².